The van der Waals surface area contributed by atoms with Gasteiger partial charge in [0.1, 0.15) is 23.1 Å². The van der Waals surface area contributed by atoms with E-state index in [-0.39, 0.29) is 5.82 Å². The van der Waals surface area contributed by atoms with E-state index in [1.165, 1.54) is 12.1 Å². The summed E-state index contributed by atoms with van der Waals surface area (Å²) in [5.74, 6) is 1.56. The van der Waals surface area contributed by atoms with E-state index in [1.54, 1.807) is 31.2 Å². The van der Waals surface area contributed by atoms with Gasteiger partial charge >= 0.3 is 0 Å². The maximum absolute atomic E-state index is 13.1. The molecule has 0 radical (unpaired) electrons. The molecule has 2 rings (SSSR count). The van der Waals surface area contributed by atoms with Crippen LogP contribution >= 0.6 is 0 Å². The summed E-state index contributed by atoms with van der Waals surface area (Å²) < 4.78 is 24.3. The minimum absolute atomic E-state index is 0.283. The number of benzene rings is 2. The van der Waals surface area contributed by atoms with Crippen LogP contribution in [0, 0.1) is 12.7 Å². The summed E-state index contributed by atoms with van der Waals surface area (Å²) >= 11 is 0. The van der Waals surface area contributed by atoms with Crippen molar-refractivity contribution in [2.24, 2.45) is 0 Å². The zero-order valence-electron chi connectivity index (χ0n) is 11.7. The topological polar surface area (TPSA) is 44.5 Å². The van der Waals surface area contributed by atoms with Gasteiger partial charge in [0.2, 0.25) is 0 Å². The maximum atomic E-state index is 13.1. The molecule has 0 aliphatic heterocycles. The second-order valence-electron chi connectivity index (χ2n) is 4.60. The third-order valence-corrected chi connectivity index (χ3v) is 2.74. The molecule has 0 saturated heterocycles. The number of ether oxygens (including phenoxy) is 2. The standard InChI is InChI=1S/C16H18FNO2/c1-3-6-19-14-8-13(18)9-15(10-14)20-16-5-4-12(17)7-11(16)2/h4-5,7-10H,3,6,18H2,1-2H3. The quantitative estimate of drug-likeness (QED) is 0.827. The van der Waals surface area contributed by atoms with E-state index < -0.39 is 0 Å². The molecule has 0 aliphatic rings. The van der Waals surface area contributed by atoms with Gasteiger partial charge in [-0.05, 0) is 37.1 Å². The molecule has 4 heteroatoms. The zero-order valence-corrected chi connectivity index (χ0v) is 11.7. The first-order valence-corrected chi connectivity index (χ1v) is 6.56. The lowest BCUT2D eigenvalue weighted by Crippen LogP contribution is -1.97. The predicted octanol–water partition coefficient (Wildman–Crippen LogP) is 4.30. The lowest BCUT2D eigenvalue weighted by atomic mass is 10.2. The second-order valence-corrected chi connectivity index (χ2v) is 4.60. The number of nitrogens with two attached hydrogens (primary N) is 1. The van der Waals surface area contributed by atoms with Crippen molar-refractivity contribution < 1.29 is 13.9 Å². The number of aryl methyl sites for hydroxylation is 1. The van der Waals surface area contributed by atoms with Crippen LogP contribution < -0.4 is 15.2 Å². The number of anilines is 1. The Bertz CT molecular complexity index is 599. The van der Waals surface area contributed by atoms with Crippen molar-refractivity contribution in [1.82, 2.24) is 0 Å². The highest BCUT2D eigenvalue weighted by Gasteiger charge is 2.06. The van der Waals surface area contributed by atoms with E-state index >= 15 is 0 Å². The van der Waals surface area contributed by atoms with Crippen molar-refractivity contribution in [2.75, 3.05) is 12.3 Å². The van der Waals surface area contributed by atoms with Crippen LogP contribution in [0.4, 0.5) is 10.1 Å². The fraction of sp³-hybridized carbons (Fsp3) is 0.250. The summed E-state index contributed by atoms with van der Waals surface area (Å²) in [5.41, 5.74) is 7.12. The van der Waals surface area contributed by atoms with Gasteiger partial charge in [0, 0.05) is 23.9 Å². The molecule has 20 heavy (non-hydrogen) atoms. The number of rotatable bonds is 5. The van der Waals surface area contributed by atoms with Crippen molar-refractivity contribution in [3.05, 3.63) is 47.8 Å². The Morgan fingerprint density at radius 3 is 2.55 bits per heavy atom. The Labute approximate surface area is 118 Å². The van der Waals surface area contributed by atoms with Crippen molar-refractivity contribution >= 4 is 5.69 Å². The number of hydrogen-bond acceptors (Lipinski definition) is 3. The van der Waals surface area contributed by atoms with Crippen LogP contribution in [-0.4, -0.2) is 6.61 Å². The van der Waals surface area contributed by atoms with Crippen LogP contribution in [-0.2, 0) is 0 Å². The van der Waals surface area contributed by atoms with E-state index in [2.05, 4.69) is 0 Å². The molecule has 0 bridgehead atoms. The Hall–Kier alpha value is -2.23. The largest absolute Gasteiger partial charge is 0.493 e. The highest BCUT2D eigenvalue weighted by Crippen LogP contribution is 2.30. The van der Waals surface area contributed by atoms with Gasteiger partial charge in [-0.3, -0.25) is 0 Å². The summed E-state index contributed by atoms with van der Waals surface area (Å²) in [6, 6.07) is 9.62. The summed E-state index contributed by atoms with van der Waals surface area (Å²) in [7, 11) is 0. The summed E-state index contributed by atoms with van der Waals surface area (Å²) in [4.78, 5) is 0. The van der Waals surface area contributed by atoms with E-state index in [4.69, 9.17) is 15.2 Å². The van der Waals surface area contributed by atoms with Gasteiger partial charge in [-0.15, -0.1) is 0 Å². The molecule has 2 N–H and O–H groups in total. The Balaban J connectivity index is 2.21. The molecule has 0 aromatic heterocycles. The van der Waals surface area contributed by atoms with Gasteiger partial charge in [-0.2, -0.15) is 0 Å². The van der Waals surface area contributed by atoms with Crippen LogP contribution in [0.5, 0.6) is 17.2 Å². The first kappa shape index (κ1) is 14.2. The predicted molar refractivity (Wildman–Crippen MR) is 77.9 cm³/mol. The van der Waals surface area contributed by atoms with Gasteiger partial charge in [0.25, 0.3) is 0 Å². The van der Waals surface area contributed by atoms with Crippen molar-refractivity contribution in [3.63, 3.8) is 0 Å². The maximum Gasteiger partial charge on any atom is 0.133 e. The number of nitrogen functional groups attached to an aromatic ring is 1. The van der Waals surface area contributed by atoms with Crippen LogP contribution in [0.25, 0.3) is 0 Å². The van der Waals surface area contributed by atoms with E-state index in [0.717, 1.165) is 12.0 Å². The molecule has 0 unspecified atom stereocenters. The third-order valence-electron chi connectivity index (χ3n) is 2.74. The number of halogens is 1. The van der Waals surface area contributed by atoms with Crippen molar-refractivity contribution in [1.29, 1.82) is 0 Å². The molecule has 2 aromatic rings. The lowest BCUT2D eigenvalue weighted by Gasteiger charge is -2.12. The average Bonchev–Trinajstić information content (AvgIpc) is 2.39. The Morgan fingerprint density at radius 2 is 1.85 bits per heavy atom. The van der Waals surface area contributed by atoms with Gasteiger partial charge in [0.15, 0.2) is 0 Å². The number of hydrogen-bond donors (Lipinski definition) is 1. The lowest BCUT2D eigenvalue weighted by molar-refractivity contribution is 0.316. The van der Waals surface area contributed by atoms with Crippen molar-refractivity contribution in [2.45, 2.75) is 20.3 Å². The summed E-state index contributed by atoms with van der Waals surface area (Å²) in [6.45, 7) is 4.45. The molecular formula is C16H18FNO2. The molecule has 0 amide bonds. The molecule has 0 saturated carbocycles. The average molecular weight is 275 g/mol. The zero-order chi connectivity index (χ0) is 14.5. The summed E-state index contributed by atoms with van der Waals surface area (Å²) in [5, 5.41) is 0. The first-order valence-electron chi connectivity index (χ1n) is 6.56. The highest BCUT2D eigenvalue weighted by atomic mass is 19.1. The minimum atomic E-state index is -0.283. The minimum Gasteiger partial charge on any atom is -0.493 e. The van der Waals surface area contributed by atoms with Crippen LogP contribution in [0.15, 0.2) is 36.4 Å². The fourth-order valence-corrected chi connectivity index (χ4v) is 1.81. The normalized spacial score (nSPS) is 10.3. The molecule has 0 fully saturated rings. The van der Waals surface area contributed by atoms with Crippen LogP contribution in [0.1, 0.15) is 18.9 Å². The molecule has 2 aromatic carbocycles. The Kier molecular flexibility index (Phi) is 4.45. The SMILES string of the molecule is CCCOc1cc(N)cc(Oc2ccc(F)cc2C)c1. The van der Waals surface area contributed by atoms with Crippen LogP contribution in [0.3, 0.4) is 0 Å². The highest BCUT2D eigenvalue weighted by molar-refractivity contribution is 5.51. The molecule has 0 atom stereocenters. The molecule has 3 nitrogen and oxygen atoms in total. The van der Waals surface area contributed by atoms with E-state index in [0.29, 0.717) is 29.5 Å². The van der Waals surface area contributed by atoms with E-state index in [1.807, 2.05) is 6.92 Å². The molecule has 0 aliphatic carbocycles. The monoisotopic (exact) mass is 275 g/mol. The summed E-state index contributed by atoms with van der Waals surface area (Å²) in [6.07, 6.45) is 0.919. The van der Waals surface area contributed by atoms with Crippen molar-refractivity contribution in [3.8, 4) is 17.2 Å². The van der Waals surface area contributed by atoms with Gasteiger partial charge in [-0.25, -0.2) is 4.39 Å². The second kappa shape index (κ2) is 6.28. The van der Waals surface area contributed by atoms with Gasteiger partial charge < -0.3 is 15.2 Å². The molecule has 0 heterocycles. The Morgan fingerprint density at radius 1 is 1.10 bits per heavy atom. The van der Waals surface area contributed by atoms with Gasteiger partial charge in [0.05, 0.1) is 6.61 Å². The molecule has 0 spiro atoms. The third kappa shape index (κ3) is 3.63. The van der Waals surface area contributed by atoms with E-state index in [9.17, 15) is 4.39 Å². The molecule has 106 valence electrons. The fourth-order valence-electron chi connectivity index (χ4n) is 1.81. The smallest absolute Gasteiger partial charge is 0.133 e. The van der Waals surface area contributed by atoms with Gasteiger partial charge in [-0.1, -0.05) is 6.92 Å². The molecular weight excluding hydrogens is 257 g/mol. The van der Waals surface area contributed by atoms with Crippen LogP contribution in [0.2, 0.25) is 0 Å². The first-order chi connectivity index (χ1) is 9.58.